The molecule has 0 saturated carbocycles. The first-order chi connectivity index (χ1) is 7.84. The van der Waals surface area contributed by atoms with Crippen molar-refractivity contribution in [1.29, 1.82) is 0 Å². The van der Waals surface area contributed by atoms with Gasteiger partial charge in [-0.2, -0.15) is 0 Å². The molecule has 0 unspecified atom stereocenters. The zero-order valence-corrected chi connectivity index (χ0v) is 8.95. The summed E-state index contributed by atoms with van der Waals surface area (Å²) in [6.45, 7) is 1.86. The van der Waals surface area contributed by atoms with Crippen LogP contribution in [0.25, 0.3) is 11.0 Å². The van der Waals surface area contributed by atoms with Gasteiger partial charge >= 0.3 is 0 Å². The van der Waals surface area contributed by atoms with E-state index >= 15 is 0 Å². The Labute approximate surface area is 93.4 Å². The molecule has 0 aliphatic carbocycles. The van der Waals surface area contributed by atoms with Gasteiger partial charge in [-0.15, -0.1) is 0 Å². The van der Waals surface area contributed by atoms with Crippen LogP contribution in [0.1, 0.15) is 24.3 Å². The van der Waals surface area contributed by atoms with E-state index in [-0.39, 0.29) is 5.82 Å². The summed E-state index contributed by atoms with van der Waals surface area (Å²) in [4.78, 5) is 0. The molecule has 0 N–H and O–H groups in total. The third kappa shape index (κ3) is 1.61. The van der Waals surface area contributed by atoms with Crippen molar-refractivity contribution < 1.29 is 8.81 Å². The number of piperidine rings is 1. The van der Waals surface area contributed by atoms with E-state index in [1.165, 1.54) is 17.7 Å². The fraction of sp³-hybridized carbons (Fsp3) is 0.385. The minimum Gasteiger partial charge on any atom is -0.464 e. The molecule has 83 valence electrons. The van der Waals surface area contributed by atoms with Crippen molar-refractivity contribution in [3.63, 3.8) is 0 Å². The maximum absolute atomic E-state index is 13.0. The molecule has 2 nitrogen and oxygen atoms in total. The Morgan fingerprint density at radius 2 is 2.06 bits per heavy atom. The Bertz CT molecular complexity index is 500. The van der Waals surface area contributed by atoms with Crippen molar-refractivity contribution in [3.05, 3.63) is 35.8 Å². The second-order valence-electron chi connectivity index (χ2n) is 4.28. The fourth-order valence-corrected chi connectivity index (χ4v) is 2.40. The molecule has 1 aromatic carbocycles. The van der Waals surface area contributed by atoms with Crippen LogP contribution in [0, 0.1) is 5.82 Å². The normalized spacial score (nSPS) is 18.1. The smallest absolute Gasteiger partial charge is 0.137 e. The standard InChI is InChI=1S/C13H13FNO/c14-10-1-2-11-12(8-16-13(11)7-10)9-3-5-15-6-4-9/h1-2,7-9H,3-6H2. The zero-order valence-electron chi connectivity index (χ0n) is 8.95. The van der Waals surface area contributed by atoms with Crippen LogP contribution in [0.3, 0.4) is 0 Å². The van der Waals surface area contributed by atoms with Gasteiger partial charge in [-0.25, -0.2) is 9.71 Å². The molecule has 2 heterocycles. The Morgan fingerprint density at radius 3 is 2.88 bits per heavy atom. The third-order valence-electron chi connectivity index (χ3n) is 3.28. The molecule has 1 fully saturated rings. The lowest BCUT2D eigenvalue weighted by atomic mass is 9.90. The third-order valence-corrected chi connectivity index (χ3v) is 3.28. The van der Waals surface area contributed by atoms with Crippen molar-refractivity contribution in [2.24, 2.45) is 0 Å². The van der Waals surface area contributed by atoms with Gasteiger partial charge < -0.3 is 4.42 Å². The molecular formula is C13H13FNO. The molecule has 0 bridgehead atoms. The van der Waals surface area contributed by atoms with E-state index in [1.54, 1.807) is 6.26 Å². The predicted molar refractivity (Wildman–Crippen MR) is 60.0 cm³/mol. The zero-order chi connectivity index (χ0) is 11.0. The van der Waals surface area contributed by atoms with Crippen LogP contribution >= 0.6 is 0 Å². The number of benzene rings is 1. The molecular weight excluding hydrogens is 205 g/mol. The Balaban J connectivity index is 2.03. The lowest BCUT2D eigenvalue weighted by Gasteiger charge is -2.20. The number of halogens is 1. The molecule has 1 aliphatic rings. The van der Waals surface area contributed by atoms with E-state index in [9.17, 15) is 4.39 Å². The monoisotopic (exact) mass is 218 g/mol. The molecule has 1 radical (unpaired) electrons. The van der Waals surface area contributed by atoms with Crippen LogP contribution in [-0.4, -0.2) is 13.1 Å². The summed E-state index contributed by atoms with van der Waals surface area (Å²) in [6.07, 6.45) is 3.93. The van der Waals surface area contributed by atoms with E-state index in [1.807, 2.05) is 6.07 Å². The van der Waals surface area contributed by atoms with Gasteiger partial charge in [-0.1, -0.05) is 0 Å². The van der Waals surface area contributed by atoms with Crippen molar-refractivity contribution in [3.8, 4) is 0 Å². The van der Waals surface area contributed by atoms with Gasteiger partial charge in [-0.05, 0) is 30.9 Å². The summed E-state index contributed by atoms with van der Waals surface area (Å²) in [6, 6.07) is 4.76. The lowest BCUT2D eigenvalue weighted by Crippen LogP contribution is -2.20. The molecule has 0 amide bonds. The quantitative estimate of drug-likeness (QED) is 0.722. The minimum absolute atomic E-state index is 0.243. The molecule has 2 aromatic rings. The van der Waals surface area contributed by atoms with Crippen molar-refractivity contribution in [1.82, 2.24) is 5.32 Å². The second-order valence-corrected chi connectivity index (χ2v) is 4.28. The van der Waals surface area contributed by atoms with E-state index < -0.39 is 0 Å². The molecule has 16 heavy (non-hydrogen) atoms. The molecule has 0 spiro atoms. The van der Waals surface area contributed by atoms with Crippen molar-refractivity contribution in [2.45, 2.75) is 18.8 Å². The van der Waals surface area contributed by atoms with Crippen LogP contribution < -0.4 is 5.32 Å². The van der Waals surface area contributed by atoms with Gasteiger partial charge in [-0.3, -0.25) is 0 Å². The molecule has 0 atom stereocenters. The minimum atomic E-state index is -0.243. The molecule has 1 aliphatic heterocycles. The summed E-state index contributed by atoms with van der Waals surface area (Å²) in [5.41, 5.74) is 1.86. The average Bonchev–Trinajstić information content (AvgIpc) is 2.73. The maximum atomic E-state index is 13.0. The first-order valence-corrected chi connectivity index (χ1v) is 5.64. The second kappa shape index (κ2) is 3.91. The summed E-state index contributed by atoms with van der Waals surface area (Å²) >= 11 is 0. The number of rotatable bonds is 1. The van der Waals surface area contributed by atoms with Crippen LogP contribution in [-0.2, 0) is 0 Å². The first-order valence-electron chi connectivity index (χ1n) is 5.64. The van der Waals surface area contributed by atoms with E-state index in [2.05, 4.69) is 5.32 Å². The molecule has 1 saturated heterocycles. The fourth-order valence-electron chi connectivity index (χ4n) is 2.40. The van der Waals surface area contributed by atoms with E-state index in [0.29, 0.717) is 11.5 Å². The number of nitrogens with zero attached hydrogens (tertiary/aromatic N) is 1. The predicted octanol–water partition coefficient (Wildman–Crippen LogP) is 3.05. The average molecular weight is 218 g/mol. The highest BCUT2D eigenvalue weighted by Gasteiger charge is 2.20. The van der Waals surface area contributed by atoms with Gasteiger partial charge in [0, 0.05) is 30.1 Å². The summed E-state index contributed by atoms with van der Waals surface area (Å²) in [7, 11) is 0. The molecule has 1 aromatic heterocycles. The van der Waals surface area contributed by atoms with E-state index in [4.69, 9.17) is 4.42 Å². The SMILES string of the molecule is Fc1ccc2c(C3CC[N]CC3)coc2c1. The van der Waals surface area contributed by atoms with Crippen LogP contribution in [0.2, 0.25) is 0 Å². The first kappa shape index (κ1) is 9.85. The summed E-state index contributed by atoms with van der Waals surface area (Å²) in [5.74, 6) is 0.274. The Kier molecular flexibility index (Phi) is 2.40. The van der Waals surface area contributed by atoms with Crippen LogP contribution in [0.4, 0.5) is 4.39 Å². The van der Waals surface area contributed by atoms with Gasteiger partial charge in [0.05, 0.1) is 6.26 Å². The molecule has 3 heteroatoms. The van der Waals surface area contributed by atoms with Gasteiger partial charge in [0.1, 0.15) is 11.4 Å². The number of hydrogen-bond acceptors (Lipinski definition) is 1. The molecule has 3 rings (SSSR count). The maximum Gasteiger partial charge on any atom is 0.137 e. The highest BCUT2D eigenvalue weighted by atomic mass is 19.1. The van der Waals surface area contributed by atoms with Gasteiger partial charge in [0.2, 0.25) is 0 Å². The number of furan rings is 1. The van der Waals surface area contributed by atoms with Crippen molar-refractivity contribution >= 4 is 11.0 Å². The summed E-state index contributed by atoms with van der Waals surface area (Å²) < 4.78 is 18.4. The van der Waals surface area contributed by atoms with Crippen molar-refractivity contribution in [2.75, 3.05) is 13.1 Å². The Hall–Kier alpha value is -1.35. The van der Waals surface area contributed by atoms with Crippen LogP contribution in [0.5, 0.6) is 0 Å². The largest absolute Gasteiger partial charge is 0.464 e. The van der Waals surface area contributed by atoms with Gasteiger partial charge in [0.25, 0.3) is 0 Å². The van der Waals surface area contributed by atoms with Crippen LogP contribution in [0.15, 0.2) is 28.9 Å². The topological polar surface area (TPSA) is 27.2 Å². The number of fused-ring (bicyclic) bond motifs is 1. The number of hydrogen-bond donors (Lipinski definition) is 0. The van der Waals surface area contributed by atoms with Gasteiger partial charge in [0.15, 0.2) is 0 Å². The van der Waals surface area contributed by atoms with E-state index in [0.717, 1.165) is 31.3 Å². The highest BCUT2D eigenvalue weighted by Crippen LogP contribution is 2.33. The Morgan fingerprint density at radius 1 is 1.25 bits per heavy atom. The summed E-state index contributed by atoms with van der Waals surface area (Å²) in [5, 5.41) is 5.39. The lowest BCUT2D eigenvalue weighted by molar-refractivity contribution is 0.451. The highest BCUT2D eigenvalue weighted by molar-refractivity contribution is 5.81.